The van der Waals surface area contributed by atoms with Crippen molar-refractivity contribution in [1.82, 2.24) is 14.9 Å². The molecule has 0 bridgehead atoms. The van der Waals surface area contributed by atoms with Crippen LogP contribution < -0.4 is 4.74 Å². The van der Waals surface area contributed by atoms with Crippen LogP contribution in [0.5, 0.6) is 5.75 Å². The Morgan fingerprint density at radius 3 is 2.79 bits per heavy atom. The number of halogens is 2. The number of aromatic amines is 1. The fourth-order valence-electron chi connectivity index (χ4n) is 3.72. The lowest BCUT2D eigenvalue weighted by molar-refractivity contribution is -0.132. The first-order valence-corrected chi connectivity index (χ1v) is 11.1. The Bertz CT molecular complexity index is 966. The highest BCUT2D eigenvalue weighted by atomic mass is 79.9. The summed E-state index contributed by atoms with van der Waals surface area (Å²) in [6.45, 7) is 2.03. The molecule has 1 N–H and O–H groups in total. The summed E-state index contributed by atoms with van der Waals surface area (Å²) >= 11 is 9.52. The highest BCUT2D eigenvalue weighted by Gasteiger charge is 2.25. The number of hydrogen-bond acceptors (Lipinski definition) is 3. The predicted octanol–water partition coefficient (Wildman–Crippen LogP) is 5.54. The van der Waals surface area contributed by atoms with Gasteiger partial charge in [0.15, 0.2) is 0 Å². The fraction of sp³-hybridized carbons (Fsp3) is 0.364. The highest BCUT2D eigenvalue weighted by molar-refractivity contribution is 9.10. The Labute approximate surface area is 183 Å². The number of carbonyl (C=O) groups is 1. The zero-order valence-corrected chi connectivity index (χ0v) is 18.4. The quantitative estimate of drug-likeness (QED) is 0.475. The average Bonchev–Trinajstić information content (AvgIpc) is 3.17. The molecule has 1 amide bonds. The molecule has 3 aromatic rings. The molecule has 0 atom stereocenters. The lowest BCUT2D eigenvalue weighted by atomic mass is 9.96. The van der Waals surface area contributed by atoms with E-state index in [9.17, 15) is 4.79 Å². The third kappa shape index (κ3) is 4.93. The van der Waals surface area contributed by atoms with E-state index in [1.165, 1.54) is 0 Å². The molecule has 2 heterocycles. The highest BCUT2D eigenvalue weighted by Crippen LogP contribution is 2.29. The van der Waals surface area contributed by atoms with Gasteiger partial charge in [-0.3, -0.25) is 4.79 Å². The number of nitrogens with zero attached hydrogens (tertiary/aromatic N) is 2. The van der Waals surface area contributed by atoms with Gasteiger partial charge in [0, 0.05) is 29.9 Å². The Morgan fingerprint density at radius 2 is 2.03 bits per heavy atom. The molecule has 4 rings (SSSR count). The van der Waals surface area contributed by atoms with Gasteiger partial charge in [-0.15, -0.1) is 0 Å². The molecule has 2 aromatic carbocycles. The summed E-state index contributed by atoms with van der Waals surface area (Å²) in [6, 6.07) is 13.6. The number of nitrogens with one attached hydrogen (secondary N) is 1. The number of rotatable bonds is 6. The minimum absolute atomic E-state index is 0.193. The minimum atomic E-state index is 0.193. The van der Waals surface area contributed by atoms with Crippen molar-refractivity contribution in [3.63, 3.8) is 0 Å². The van der Waals surface area contributed by atoms with Gasteiger partial charge in [-0.2, -0.15) is 0 Å². The lowest BCUT2D eigenvalue weighted by Gasteiger charge is -2.31. The summed E-state index contributed by atoms with van der Waals surface area (Å²) in [7, 11) is 0. The van der Waals surface area contributed by atoms with Crippen LogP contribution in [0.15, 0.2) is 46.9 Å². The summed E-state index contributed by atoms with van der Waals surface area (Å²) in [4.78, 5) is 22.6. The summed E-state index contributed by atoms with van der Waals surface area (Å²) in [5.74, 6) is 2.26. The van der Waals surface area contributed by atoms with Gasteiger partial charge in [-0.25, -0.2) is 4.98 Å². The second kappa shape index (κ2) is 9.18. The van der Waals surface area contributed by atoms with Crippen molar-refractivity contribution in [3.8, 4) is 5.75 Å². The van der Waals surface area contributed by atoms with Gasteiger partial charge >= 0.3 is 0 Å². The van der Waals surface area contributed by atoms with E-state index in [0.29, 0.717) is 36.1 Å². The molecule has 29 heavy (non-hydrogen) atoms. The molecule has 0 radical (unpaired) electrons. The van der Waals surface area contributed by atoms with E-state index in [-0.39, 0.29) is 5.91 Å². The van der Waals surface area contributed by atoms with Crippen LogP contribution >= 0.6 is 27.5 Å². The van der Waals surface area contributed by atoms with Crippen LogP contribution in [-0.4, -0.2) is 40.5 Å². The summed E-state index contributed by atoms with van der Waals surface area (Å²) < 4.78 is 6.61. The molecule has 1 aliphatic rings. The normalized spacial score (nSPS) is 15.0. The summed E-state index contributed by atoms with van der Waals surface area (Å²) in [5.41, 5.74) is 2.08. The first kappa shape index (κ1) is 20.2. The van der Waals surface area contributed by atoms with Gasteiger partial charge in [-0.1, -0.05) is 39.7 Å². The molecule has 1 saturated heterocycles. The zero-order chi connectivity index (χ0) is 20.2. The van der Waals surface area contributed by atoms with Gasteiger partial charge in [-0.05, 0) is 49.6 Å². The van der Waals surface area contributed by atoms with E-state index in [2.05, 4.69) is 20.9 Å². The maximum Gasteiger partial charge on any atom is 0.222 e. The van der Waals surface area contributed by atoms with Crippen LogP contribution in [0.1, 0.15) is 37.4 Å². The molecule has 0 spiro atoms. The average molecular weight is 477 g/mol. The van der Waals surface area contributed by atoms with Crippen LogP contribution in [0.25, 0.3) is 11.0 Å². The van der Waals surface area contributed by atoms with Crippen molar-refractivity contribution in [2.45, 2.75) is 31.6 Å². The van der Waals surface area contributed by atoms with Gasteiger partial charge in [0.25, 0.3) is 0 Å². The van der Waals surface area contributed by atoms with Crippen molar-refractivity contribution in [2.24, 2.45) is 0 Å². The fourth-order valence-corrected chi connectivity index (χ4v) is 4.45. The van der Waals surface area contributed by atoms with Crippen molar-refractivity contribution in [1.29, 1.82) is 0 Å². The topological polar surface area (TPSA) is 58.2 Å². The third-order valence-electron chi connectivity index (χ3n) is 5.33. The summed E-state index contributed by atoms with van der Waals surface area (Å²) in [5, 5.41) is 0.568. The molecule has 152 valence electrons. The molecule has 0 unspecified atom stereocenters. The SMILES string of the molecule is O=C(CCCOc1ccc(Br)cc1Cl)N1CCC(c2nc3ccccc3[nH]2)CC1. The van der Waals surface area contributed by atoms with E-state index >= 15 is 0 Å². The minimum Gasteiger partial charge on any atom is -0.492 e. The number of piperidine rings is 1. The van der Waals surface area contributed by atoms with Crippen LogP contribution in [0.2, 0.25) is 5.02 Å². The molecule has 7 heteroatoms. The second-order valence-electron chi connectivity index (χ2n) is 7.32. The Balaban J connectivity index is 1.21. The number of likely N-dealkylation sites (tertiary alicyclic amines) is 1. The first-order chi connectivity index (χ1) is 14.1. The van der Waals surface area contributed by atoms with Crippen molar-refractivity contribution < 1.29 is 9.53 Å². The standard InChI is InChI=1S/C22H23BrClN3O2/c23-16-7-8-20(17(24)14-16)29-13-3-6-21(28)27-11-9-15(10-12-27)22-25-18-4-1-2-5-19(18)26-22/h1-2,4-5,7-8,14-15H,3,6,9-13H2,(H,25,26). The van der Waals surface area contributed by atoms with Gasteiger partial charge < -0.3 is 14.6 Å². The second-order valence-corrected chi connectivity index (χ2v) is 8.64. The lowest BCUT2D eigenvalue weighted by Crippen LogP contribution is -2.38. The van der Waals surface area contributed by atoms with E-state index < -0.39 is 0 Å². The van der Waals surface area contributed by atoms with Gasteiger partial charge in [0.1, 0.15) is 11.6 Å². The van der Waals surface area contributed by atoms with Crippen molar-refractivity contribution in [3.05, 3.63) is 57.8 Å². The Kier molecular flexibility index (Phi) is 6.40. The molecule has 0 aliphatic carbocycles. The first-order valence-electron chi connectivity index (χ1n) is 9.90. The van der Waals surface area contributed by atoms with Crippen LogP contribution in [0.3, 0.4) is 0 Å². The van der Waals surface area contributed by atoms with E-state index in [0.717, 1.165) is 47.3 Å². The maximum absolute atomic E-state index is 12.5. The molecule has 0 saturated carbocycles. The molecule has 1 aliphatic heterocycles. The van der Waals surface area contributed by atoms with Crippen LogP contribution in [0.4, 0.5) is 0 Å². The zero-order valence-electron chi connectivity index (χ0n) is 16.0. The van der Waals surface area contributed by atoms with Crippen LogP contribution in [0, 0.1) is 0 Å². The third-order valence-corrected chi connectivity index (χ3v) is 6.12. The van der Waals surface area contributed by atoms with E-state index in [1.807, 2.05) is 41.3 Å². The number of fused-ring (bicyclic) bond motifs is 1. The Morgan fingerprint density at radius 1 is 1.24 bits per heavy atom. The predicted molar refractivity (Wildman–Crippen MR) is 119 cm³/mol. The summed E-state index contributed by atoms with van der Waals surface area (Å²) in [6.07, 6.45) is 3.05. The van der Waals surface area contributed by atoms with Crippen molar-refractivity contribution in [2.75, 3.05) is 19.7 Å². The molecule has 1 aromatic heterocycles. The Hall–Kier alpha value is -2.05. The maximum atomic E-state index is 12.5. The number of amides is 1. The van der Waals surface area contributed by atoms with Gasteiger partial charge in [0.2, 0.25) is 5.91 Å². The number of para-hydroxylation sites is 2. The number of carbonyl (C=O) groups excluding carboxylic acids is 1. The molecular formula is C22H23BrClN3O2. The number of benzene rings is 2. The van der Waals surface area contributed by atoms with E-state index in [1.54, 1.807) is 6.07 Å². The number of ether oxygens (including phenoxy) is 1. The number of imidazole rings is 1. The van der Waals surface area contributed by atoms with Gasteiger partial charge in [0.05, 0.1) is 22.7 Å². The van der Waals surface area contributed by atoms with Crippen molar-refractivity contribution >= 4 is 44.5 Å². The number of aromatic nitrogens is 2. The number of hydrogen-bond donors (Lipinski definition) is 1. The smallest absolute Gasteiger partial charge is 0.222 e. The monoisotopic (exact) mass is 475 g/mol. The molecular weight excluding hydrogens is 454 g/mol. The van der Waals surface area contributed by atoms with E-state index in [4.69, 9.17) is 21.3 Å². The largest absolute Gasteiger partial charge is 0.492 e. The van der Waals surface area contributed by atoms with Crippen LogP contribution in [-0.2, 0) is 4.79 Å². The molecule has 1 fully saturated rings. The number of H-pyrrole nitrogens is 1. The molecule has 5 nitrogen and oxygen atoms in total.